The number of carbonyl (C=O) groups is 2. The maximum atomic E-state index is 12.8. The SMILES string of the molecule is COC(=O)C(=CC(=O)c1ccc(C)c(C)c1)NN=C1c2ccccc2-c2ccccc21. The normalized spacial score (nSPS) is 12.1. The topological polar surface area (TPSA) is 67.8 Å². The van der Waals surface area contributed by atoms with E-state index >= 15 is 0 Å². The van der Waals surface area contributed by atoms with E-state index in [1.165, 1.54) is 13.2 Å². The van der Waals surface area contributed by atoms with Crippen molar-refractivity contribution in [2.45, 2.75) is 13.8 Å². The van der Waals surface area contributed by atoms with Gasteiger partial charge in [-0.15, -0.1) is 0 Å². The average Bonchev–Trinajstić information content (AvgIpc) is 3.11. The molecule has 0 saturated carbocycles. The number of rotatable bonds is 5. The predicted molar refractivity (Wildman–Crippen MR) is 121 cm³/mol. The summed E-state index contributed by atoms with van der Waals surface area (Å²) >= 11 is 0. The number of fused-ring (bicyclic) bond motifs is 3. The van der Waals surface area contributed by atoms with Crippen LogP contribution in [0.15, 0.2) is 83.6 Å². The molecule has 0 bridgehead atoms. The Morgan fingerprint density at radius 1 is 0.839 bits per heavy atom. The molecule has 31 heavy (non-hydrogen) atoms. The van der Waals surface area contributed by atoms with Gasteiger partial charge in [0.2, 0.25) is 0 Å². The number of allylic oxidation sites excluding steroid dienone is 1. The van der Waals surface area contributed by atoms with Crippen LogP contribution in [0.25, 0.3) is 11.1 Å². The monoisotopic (exact) mass is 410 g/mol. The Balaban J connectivity index is 1.70. The van der Waals surface area contributed by atoms with E-state index in [4.69, 9.17) is 4.74 Å². The van der Waals surface area contributed by atoms with Crippen molar-refractivity contribution < 1.29 is 14.3 Å². The molecule has 1 N–H and O–H groups in total. The van der Waals surface area contributed by atoms with Gasteiger partial charge in [0, 0.05) is 22.8 Å². The highest BCUT2D eigenvalue weighted by Crippen LogP contribution is 2.36. The molecule has 0 unspecified atom stereocenters. The molecule has 0 heterocycles. The van der Waals surface area contributed by atoms with E-state index in [9.17, 15) is 9.59 Å². The van der Waals surface area contributed by atoms with Crippen LogP contribution >= 0.6 is 0 Å². The Hall–Kier alpha value is -3.99. The summed E-state index contributed by atoms with van der Waals surface area (Å²) in [6.07, 6.45) is 1.23. The second-order valence-corrected chi connectivity index (χ2v) is 7.38. The lowest BCUT2D eigenvalue weighted by molar-refractivity contribution is -0.136. The number of ketones is 1. The van der Waals surface area contributed by atoms with E-state index in [0.717, 1.165) is 33.4 Å². The van der Waals surface area contributed by atoms with Crippen molar-refractivity contribution in [2.24, 2.45) is 5.10 Å². The summed E-state index contributed by atoms with van der Waals surface area (Å²) in [7, 11) is 1.27. The van der Waals surface area contributed by atoms with Crippen LogP contribution in [0.2, 0.25) is 0 Å². The first-order valence-corrected chi connectivity index (χ1v) is 9.94. The Morgan fingerprint density at radius 3 is 1.97 bits per heavy atom. The average molecular weight is 410 g/mol. The van der Waals surface area contributed by atoms with Gasteiger partial charge in [0.15, 0.2) is 5.78 Å². The molecule has 0 spiro atoms. The molecular formula is C26H22N2O3. The number of hydrazone groups is 1. The van der Waals surface area contributed by atoms with Crippen LogP contribution in [0.5, 0.6) is 0 Å². The summed E-state index contributed by atoms with van der Waals surface area (Å²) in [5.74, 6) is -0.968. The van der Waals surface area contributed by atoms with Gasteiger partial charge in [-0.05, 0) is 42.2 Å². The van der Waals surface area contributed by atoms with Gasteiger partial charge in [-0.25, -0.2) is 4.79 Å². The zero-order valence-corrected chi connectivity index (χ0v) is 17.6. The Morgan fingerprint density at radius 2 is 1.42 bits per heavy atom. The van der Waals surface area contributed by atoms with E-state index in [1.54, 1.807) is 12.1 Å². The van der Waals surface area contributed by atoms with Crippen LogP contribution in [0.3, 0.4) is 0 Å². The fourth-order valence-corrected chi connectivity index (χ4v) is 3.59. The predicted octanol–water partition coefficient (Wildman–Crippen LogP) is 4.57. The van der Waals surface area contributed by atoms with Crippen LogP contribution in [-0.4, -0.2) is 24.6 Å². The van der Waals surface area contributed by atoms with Gasteiger partial charge in [0.1, 0.15) is 5.70 Å². The molecule has 0 fully saturated rings. The molecular weight excluding hydrogens is 388 g/mol. The minimum Gasteiger partial charge on any atom is -0.464 e. The molecule has 3 aromatic carbocycles. The summed E-state index contributed by atoms with van der Waals surface area (Å²) < 4.78 is 4.85. The minimum absolute atomic E-state index is 0.0277. The number of hydrogen-bond acceptors (Lipinski definition) is 5. The molecule has 1 aliphatic carbocycles. The third-order valence-electron chi connectivity index (χ3n) is 5.41. The molecule has 3 aromatic rings. The molecule has 1 aliphatic rings. The highest BCUT2D eigenvalue weighted by molar-refractivity contribution is 6.24. The quantitative estimate of drug-likeness (QED) is 0.227. The third kappa shape index (κ3) is 3.90. The van der Waals surface area contributed by atoms with Crippen molar-refractivity contribution in [3.63, 3.8) is 0 Å². The fourth-order valence-electron chi connectivity index (χ4n) is 3.59. The minimum atomic E-state index is -0.666. The Kier molecular flexibility index (Phi) is 5.50. The summed E-state index contributed by atoms with van der Waals surface area (Å²) in [5, 5.41) is 4.50. The van der Waals surface area contributed by atoms with Gasteiger partial charge in [-0.1, -0.05) is 60.7 Å². The number of esters is 1. The first-order valence-electron chi connectivity index (χ1n) is 9.94. The van der Waals surface area contributed by atoms with E-state index < -0.39 is 5.97 Å². The smallest absolute Gasteiger partial charge is 0.356 e. The zero-order valence-electron chi connectivity index (χ0n) is 17.6. The standard InChI is InChI=1S/C26H22N2O3/c1-16-12-13-18(14-17(16)2)24(29)15-23(26(30)31-3)27-28-25-21-10-6-4-8-19(21)20-9-5-7-11-22(20)25/h4-15,27H,1-3H3. The van der Waals surface area contributed by atoms with E-state index in [1.807, 2.05) is 68.4 Å². The van der Waals surface area contributed by atoms with Crippen LogP contribution in [0.4, 0.5) is 0 Å². The molecule has 0 amide bonds. The molecule has 0 aromatic heterocycles. The molecule has 0 radical (unpaired) electrons. The van der Waals surface area contributed by atoms with Crippen molar-refractivity contribution in [2.75, 3.05) is 7.11 Å². The van der Waals surface area contributed by atoms with Crippen LogP contribution in [0, 0.1) is 13.8 Å². The van der Waals surface area contributed by atoms with Crippen LogP contribution in [-0.2, 0) is 9.53 Å². The number of carbonyl (C=O) groups excluding carboxylic acids is 2. The fraction of sp³-hybridized carbons (Fsp3) is 0.115. The van der Waals surface area contributed by atoms with Crippen molar-refractivity contribution >= 4 is 17.5 Å². The number of nitrogens with zero attached hydrogens (tertiary/aromatic N) is 1. The molecule has 4 rings (SSSR count). The summed E-state index contributed by atoms with van der Waals surface area (Å²) in [6.45, 7) is 3.92. The van der Waals surface area contributed by atoms with Crippen molar-refractivity contribution in [1.82, 2.24) is 5.43 Å². The van der Waals surface area contributed by atoms with Gasteiger partial charge >= 0.3 is 5.97 Å². The number of nitrogens with one attached hydrogen (secondary N) is 1. The third-order valence-corrected chi connectivity index (χ3v) is 5.41. The van der Waals surface area contributed by atoms with E-state index in [0.29, 0.717) is 11.3 Å². The molecule has 0 saturated heterocycles. The first kappa shape index (κ1) is 20.3. The summed E-state index contributed by atoms with van der Waals surface area (Å²) in [5.41, 5.74) is 10.1. The first-order chi connectivity index (χ1) is 15.0. The maximum Gasteiger partial charge on any atom is 0.356 e. The van der Waals surface area contributed by atoms with E-state index in [2.05, 4.69) is 10.5 Å². The Bertz CT molecular complexity index is 1210. The summed E-state index contributed by atoms with van der Waals surface area (Å²) in [4.78, 5) is 25.1. The van der Waals surface area contributed by atoms with Crippen molar-refractivity contribution in [3.8, 4) is 11.1 Å². The van der Waals surface area contributed by atoms with Crippen molar-refractivity contribution in [3.05, 3.63) is 106 Å². The zero-order chi connectivity index (χ0) is 22.0. The molecule has 154 valence electrons. The number of hydrogen-bond donors (Lipinski definition) is 1. The lowest BCUT2D eigenvalue weighted by Gasteiger charge is -2.08. The second-order valence-electron chi connectivity index (χ2n) is 7.38. The van der Waals surface area contributed by atoms with Crippen LogP contribution in [0.1, 0.15) is 32.6 Å². The Labute approximate surface area is 181 Å². The molecule has 5 heteroatoms. The highest BCUT2D eigenvalue weighted by Gasteiger charge is 2.24. The van der Waals surface area contributed by atoms with Crippen LogP contribution < -0.4 is 5.43 Å². The van der Waals surface area contributed by atoms with Gasteiger partial charge < -0.3 is 4.74 Å². The van der Waals surface area contributed by atoms with Gasteiger partial charge in [-0.3, -0.25) is 10.2 Å². The highest BCUT2D eigenvalue weighted by atomic mass is 16.5. The number of aryl methyl sites for hydroxylation is 2. The molecule has 5 nitrogen and oxygen atoms in total. The lowest BCUT2D eigenvalue weighted by atomic mass is 10.0. The number of ether oxygens (including phenoxy) is 1. The molecule has 0 atom stereocenters. The van der Waals surface area contributed by atoms with Gasteiger partial charge in [0.05, 0.1) is 12.8 Å². The molecule has 0 aliphatic heterocycles. The number of benzene rings is 3. The van der Waals surface area contributed by atoms with E-state index in [-0.39, 0.29) is 11.5 Å². The second kappa shape index (κ2) is 8.40. The van der Waals surface area contributed by atoms with Gasteiger partial charge in [0.25, 0.3) is 0 Å². The largest absolute Gasteiger partial charge is 0.464 e. The summed E-state index contributed by atoms with van der Waals surface area (Å²) in [6, 6.07) is 21.3. The number of methoxy groups -OCH3 is 1. The lowest BCUT2D eigenvalue weighted by Crippen LogP contribution is -2.20. The maximum absolute atomic E-state index is 12.8. The van der Waals surface area contributed by atoms with Crippen molar-refractivity contribution in [1.29, 1.82) is 0 Å². The van der Waals surface area contributed by atoms with Gasteiger partial charge in [-0.2, -0.15) is 5.10 Å².